The van der Waals surface area contributed by atoms with Crippen LogP contribution in [0.2, 0.25) is 0 Å². The summed E-state index contributed by atoms with van der Waals surface area (Å²) in [6, 6.07) is 13.3. The summed E-state index contributed by atoms with van der Waals surface area (Å²) in [6.45, 7) is 7.82. The number of aryl methyl sites for hydroxylation is 1. The molecule has 1 amide bonds. The Morgan fingerprint density at radius 2 is 1.81 bits per heavy atom. The minimum absolute atomic E-state index is 0.147. The molecule has 0 unspecified atom stereocenters. The second-order valence-electron chi connectivity index (χ2n) is 6.78. The fraction of sp³-hybridized carbons (Fsp3) is 0.381. The van der Waals surface area contributed by atoms with Crippen LogP contribution in [0.4, 0.5) is 10.1 Å². The largest absolute Gasteiger partial charge is 0.336 e. The number of hydrogen-bond donors (Lipinski definition) is 1. The third-order valence-electron chi connectivity index (χ3n) is 4.72. The molecule has 1 saturated heterocycles. The van der Waals surface area contributed by atoms with Crippen molar-refractivity contribution >= 4 is 23.5 Å². The normalized spacial score (nSPS) is 15.0. The molecule has 1 heterocycles. The SMILES string of the molecule is CCSNc1ccc(C(=O)N2CCN(Cc3ccc(C)cc3)CC2)c(F)c1. The summed E-state index contributed by atoms with van der Waals surface area (Å²) in [7, 11) is 0. The zero-order valence-electron chi connectivity index (χ0n) is 15.9. The van der Waals surface area contributed by atoms with Gasteiger partial charge >= 0.3 is 0 Å². The Bertz CT molecular complexity index is 773. The molecule has 27 heavy (non-hydrogen) atoms. The Balaban J connectivity index is 1.55. The molecular weight excluding hydrogens is 361 g/mol. The minimum atomic E-state index is -0.469. The Labute approximate surface area is 164 Å². The van der Waals surface area contributed by atoms with Crippen LogP contribution >= 0.6 is 11.9 Å². The standard InChI is InChI=1S/C21H26FN3OS/c1-3-27-23-18-8-9-19(20(22)14-18)21(26)25-12-10-24(11-13-25)15-17-6-4-16(2)5-7-17/h4-9,14,23H,3,10-13,15H2,1-2H3. The van der Waals surface area contributed by atoms with Crippen LogP contribution in [0.3, 0.4) is 0 Å². The first-order chi connectivity index (χ1) is 13.1. The highest BCUT2D eigenvalue weighted by molar-refractivity contribution is 8.00. The lowest BCUT2D eigenvalue weighted by Crippen LogP contribution is -2.48. The van der Waals surface area contributed by atoms with Gasteiger partial charge in [0.25, 0.3) is 5.91 Å². The van der Waals surface area contributed by atoms with E-state index in [1.165, 1.54) is 29.1 Å². The predicted molar refractivity (Wildman–Crippen MR) is 111 cm³/mol. The van der Waals surface area contributed by atoms with E-state index in [0.29, 0.717) is 18.8 Å². The van der Waals surface area contributed by atoms with Crippen LogP contribution in [0, 0.1) is 12.7 Å². The van der Waals surface area contributed by atoms with Gasteiger partial charge in [0, 0.05) is 44.2 Å². The van der Waals surface area contributed by atoms with Crippen LogP contribution in [0.1, 0.15) is 28.4 Å². The highest BCUT2D eigenvalue weighted by Crippen LogP contribution is 2.20. The lowest BCUT2D eigenvalue weighted by atomic mass is 10.1. The van der Waals surface area contributed by atoms with Gasteiger partial charge in [-0.15, -0.1) is 0 Å². The van der Waals surface area contributed by atoms with Gasteiger partial charge < -0.3 is 9.62 Å². The first-order valence-corrected chi connectivity index (χ1v) is 10.3. The lowest BCUT2D eigenvalue weighted by Gasteiger charge is -2.35. The third-order valence-corrected chi connectivity index (χ3v) is 5.39. The first-order valence-electron chi connectivity index (χ1n) is 9.31. The number of hydrogen-bond acceptors (Lipinski definition) is 4. The summed E-state index contributed by atoms with van der Waals surface area (Å²) in [4.78, 5) is 16.8. The van der Waals surface area contributed by atoms with Crippen molar-refractivity contribution in [3.63, 3.8) is 0 Å². The molecule has 144 valence electrons. The Kier molecular flexibility index (Phi) is 6.74. The van der Waals surface area contributed by atoms with Crippen molar-refractivity contribution in [1.82, 2.24) is 9.80 Å². The van der Waals surface area contributed by atoms with Crippen molar-refractivity contribution in [2.45, 2.75) is 20.4 Å². The van der Waals surface area contributed by atoms with Crippen LogP contribution in [0.5, 0.6) is 0 Å². The van der Waals surface area contributed by atoms with Gasteiger partial charge in [-0.05, 0) is 30.7 Å². The number of amides is 1. The molecule has 0 bridgehead atoms. The second kappa shape index (κ2) is 9.24. The van der Waals surface area contributed by atoms with Gasteiger partial charge in [-0.25, -0.2) is 4.39 Å². The molecule has 0 aromatic heterocycles. The summed E-state index contributed by atoms with van der Waals surface area (Å²) < 4.78 is 17.4. The predicted octanol–water partition coefficient (Wildman–Crippen LogP) is 4.17. The molecule has 0 spiro atoms. The zero-order chi connectivity index (χ0) is 19.2. The van der Waals surface area contributed by atoms with Gasteiger partial charge in [0.15, 0.2) is 0 Å². The van der Waals surface area contributed by atoms with E-state index >= 15 is 0 Å². The highest BCUT2D eigenvalue weighted by Gasteiger charge is 2.24. The maximum absolute atomic E-state index is 14.4. The van der Waals surface area contributed by atoms with E-state index in [1.807, 2.05) is 6.92 Å². The van der Waals surface area contributed by atoms with Crippen molar-refractivity contribution in [3.05, 3.63) is 65.0 Å². The maximum atomic E-state index is 14.4. The topological polar surface area (TPSA) is 35.6 Å². The Hall–Kier alpha value is -2.05. The number of carbonyl (C=O) groups is 1. The smallest absolute Gasteiger partial charge is 0.256 e. The van der Waals surface area contributed by atoms with Gasteiger partial charge in [0.05, 0.1) is 5.56 Å². The molecule has 6 heteroatoms. The molecule has 2 aromatic carbocycles. The molecule has 0 saturated carbocycles. The zero-order valence-corrected chi connectivity index (χ0v) is 16.7. The molecule has 0 aliphatic carbocycles. The van der Waals surface area contributed by atoms with Crippen LogP contribution in [0.25, 0.3) is 0 Å². The van der Waals surface area contributed by atoms with Crippen molar-refractivity contribution < 1.29 is 9.18 Å². The van der Waals surface area contributed by atoms with Gasteiger partial charge in [-0.2, -0.15) is 0 Å². The lowest BCUT2D eigenvalue weighted by molar-refractivity contribution is 0.0624. The van der Waals surface area contributed by atoms with Gasteiger partial charge in [-0.1, -0.05) is 48.7 Å². The molecule has 1 fully saturated rings. The highest BCUT2D eigenvalue weighted by atomic mass is 32.2. The van der Waals surface area contributed by atoms with Crippen LogP contribution in [-0.2, 0) is 6.54 Å². The number of benzene rings is 2. The van der Waals surface area contributed by atoms with E-state index in [1.54, 1.807) is 17.0 Å². The van der Waals surface area contributed by atoms with Crippen molar-refractivity contribution in [2.75, 3.05) is 36.7 Å². The number of rotatable bonds is 6. The quantitative estimate of drug-likeness (QED) is 0.755. The van der Waals surface area contributed by atoms with E-state index < -0.39 is 5.82 Å². The summed E-state index contributed by atoms with van der Waals surface area (Å²) in [5, 5.41) is 0. The van der Waals surface area contributed by atoms with Crippen LogP contribution < -0.4 is 4.72 Å². The molecule has 1 aliphatic heterocycles. The Morgan fingerprint density at radius 1 is 1.11 bits per heavy atom. The van der Waals surface area contributed by atoms with Crippen molar-refractivity contribution in [3.8, 4) is 0 Å². The average molecular weight is 388 g/mol. The summed E-state index contributed by atoms with van der Waals surface area (Å²) in [5.74, 6) is 0.191. The van der Waals surface area contributed by atoms with E-state index in [2.05, 4.69) is 40.8 Å². The second-order valence-corrected chi connectivity index (χ2v) is 7.85. The molecule has 1 N–H and O–H groups in total. The summed E-state index contributed by atoms with van der Waals surface area (Å²) in [5.41, 5.74) is 3.36. The van der Waals surface area contributed by atoms with Crippen LogP contribution in [0.15, 0.2) is 42.5 Å². The molecule has 0 radical (unpaired) electrons. The minimum Gasteiger partial charge on any atom is -0.336 e. The van der Waals surface area contributed by atoms with Gasteiger partial charge in [0.2, 0.25) is 0 Å². The van der Waals surface area contributed by atoms with E-state index in [4.69, 9.17) is 0 Å². The molecular formula is C21H26FN3OS. The molecule has 2 aromatic rings. The molecule has 3 rings (SSSR count). The van der Waals surface area contributed by atoms with E-state index in [0.717, 1.165) is 25.4 Å². The number of piperazine rings is 1. The van der Waals surface area contributed by atoms with E-state index in [-0.39, 0.29) is 11.5 Å². The fourth-order valence-corrected chi connectivity index (χ4v) is 3.58. The third kappa shape index (κ3) is 5.23. The Morgan fingerprint density at radius 3 is 2.44 bits per heavy atom. The van der Waals surface area contributed by atoms with Crippen LogP contribution in [-0.4, -0.2) is 47.6 Å². The van der Waals surface area contributed by atoms with Gasteiger partial charge in [0.1, 0.15) is 5.82 Å². The molecule has 1 aliphatic rings. The monoisotopic (exact) mass is 387 g/mol. The first kappa shape index (κ1) is 19.7. The average Bonchev–Trinajstić information content (AvgIpc) is 2.68. The van der Waals surface area contributed by atoms with Crippen molar-refractivity contribution in [1.29, 1.82) is 0 Å². The number of nitrogens with zero attached hydrogens (tertiary/aromatic N) is 2. The number of carbonyl (C=O) groups excluding carboxylic acids is 1. The molecule has 0 atom stereocenters. The molecule has 4 nitrogen and oxygen atoms in total. The summed E-state index contributed by atoms with van der Waals surface area (Å²) >= 11 is 1.50. The van der Waals surface area contributed by atoms with E-state index in [9.17, 15) is 9.18 Å². The fourth-order valence-electron chi connectivity index (χ4n) is 3.14. The van der Waals surface area contributed by atoms with Crippen molar-refractivity contribution in [2.24, 2.45) is 0 Å². The van der Waals surface area contributed by atoms with Gasteiger partial charge in [-0.3, -0.25) is 9.69 Å². The number of nitrogens with one attached hydrogen (secondary N) is 1. The number of anilines is 1. The summed E-state index contributed by atoms with van der Waals surface area (Å²) in [6.07, 6.45) is 0. The number of halogens is 1. The maximum Gasteiger partial charge on any atom is 0.256 e.